The van der Waals surface area contributed by atoms with Crippen LogP contribution in [0.2, 0.25) is 0 Å². The van der Waals surface area contributed by atoms with Crippen molar-refractivity contribution in [1.29, 1.82) is 0 Å². The van der Waals surface area contributed by atoms with Gasteiger partial charge in [0.1, 0.15) is 5.75 Å². The zero-order valence-corrected chi connectivity index (χ0v) is 16.0. The molecular weight excluding hydrogens is 322 g/mol. The van der Waals surface area contributed by atoms with Crippen LogP contribution in [0.5, 0.6) is 5.75 Å². The fourth-order valence-electron chi connectivity index (χ4n) is 3.10. The van der Waals surface area contributed by atoms with Crippen molar-refractivity contribution in [2.75, 3.05) is 7.11 Å². The molecule has 0 spiro atoms. The van der Waals surface area contributed by atoms with Gasteiger partial charge in [0.15, 0.2) is 0 Å². The van der Waals surface area contributed by atoms with Gasteiger partial charge in [0.05, 0.1) is 19.0 Å². The molecule has 26 heavy (non-hydrogen) atoms. The van der Waals surface area contributed by atoms with Crippen molar-refractivity contribution < 1.29 is 4.74 Å². The van der Waals surface area contributed by atoms with Crippen LogP contribution in [0.1, 0.15) is 42.3 Å². The van der Waals surface area contributed by atoms with Crippen molar-refractivity contribution in [1.82, 2.24) is 15.1 Å². The number of aromatic nitrogens is 2. The third kappa shape index (κ3) is 3.97. The first-order chi connectivity index (χ1) is 12.6. The minimum Gasteiger partial charge on any atom is -0.497 e. The Kier molecular flexibility index (Phi) is 5.74. The molecule has 3 rings (SSSR count). The summed E-state index contributed by atoms with van der Waals surface area (Å²) in [5, 5.41) is 8.18. The zero-order chi connectivity index (χ0) is 18.5. The maximum atomic E-state index is 5.23. The van der Waals surface area contributed by atoms with E-state index in [1.54, 1.807) is 7.11 Å². The molecule has 136 valence electrons. The van der Waals surface area contributed by atoms with Gasteiger partial charge in [-0.15, -0.1) is 0 Å². The highest BCUT2D eigenvalue weighted by atomic mass is 16.5. The summed E-state index contributed by atoms with van der Waals surface area (Å²) in [4.78, 5) is 0. The highest BCUT2D eigenvalue weighted by Gasteiger charge is 2.14. The number of ether oxygens (including phenoxy) is 1. The van der Waals surface area contributed by atoms with E-state index in [4.69, 9.17) is 4.74 Å². The molecule has 4 heteroatoms. The van der Waals surface area contributed by atoms with Crippen molar-refractivity contribution in [3.63, 3.8) is 0 Å². The van der Waals surface area contributed by atoms with Crippen LogP contribution in [0.15, 0.2) is 54.7 Å². The molecule has 3 aromatic rings. The molecule has 2 aromatic carbocycles. The van der Waals surface area contributed by atoms with E-state index < -0.39 is 0 Å². The second kappa shape index (κ2) is 8.19. The highest BCUT2D eigenvalue weighted by molar-refractivity contribution is 5.39. The fourth-order valence-corrected chi connectivity index (χ4v) is 3.10. The van der Waals surface area contributed by atoms with E-state index >= 15 is 0 Å². The molecule has 0 aliphatic carbocycles. The molecule has 1 heterocycles. The second-order valence-electron chi connectivity index (χ2n) is 6.57. The molecule has 0 aliphatic rings. The topological polar surface area (TPSA) is 39.1 Å². The second-order valence-corrected chi connectivity index (χ2v) is 6.57. The van der Waals surface area contributed by atoms with Crippen LogP contribution in [0, 0.1) is 6.92 Å². The first kappa shape index (κ1) is 18.2. The number of nitrogens with zero attached hydrogens (tertiary/aromatic N) is 2. The third-order valence-corrected chi connectivity index (χ3v) is 4.87. The van der Waals surface area contributed by atoms with Gasteiger partial charge in [-0.1, -0.05) is 31.2 Å². The van der Waals surface area contributed by atoms with Gasteiger partial charge < -0.3 is 10.1 Å². The van der Waals surface area contributed by atoms with Crippen LogP contribution in [0.25, 0.3) is 5.69 Å². The Bertz CT molecular complexity index is 835. The number of rotatable bonds is 7. The van der Waals surface area contributed by atoms with Crippen LogP contribution in [-0.4, -0.2) is 16.9 Å². The summed E-state index contributed by atoms with van der Waals surface area (Å²) in [6.45, 7) is 7.32. The molecule has 0 saturated heterocycles. The molecule has 0 amide bonds. The fraction of sp³-hybridized carbons (Fsp3) is 0.318. The van der Waals surface area contributed by atoms with Crippen LogP contribution in [0.4, 0.5) is 0 Å². The normalized spacial score (nSPS) is 12.2. The minimum atomic E-state index is 0.229. The monoisotopic (exact) mass is 349 g/mol. The molecule has 0 radical (unpaired) electrons. The van der Waals surface area contributed by atoms with Gasteiger partial charge in [-0.25, -0.2) is 4.68 Å². The predicted octanol–water partition coefficient (Wildman–Crippen LogP) is 4.60. The SMILES string of the molecule is CCc1ccc(CN[C@@H](C)c2cnn(-c3ccc(OC)cc3)c2C)cc1. The minimum absolute atomic E-state index is 0.229. The molecule has 1 N–H and O–H groups in total. The van der Waals surface area contributed by atoms with Gasteiger partial charge in [0, 0.05) is 23.8 Å². The molecule has 4 nitrogen and oxygen atoms in total. The van der Waals surface area contributed by atoms with Gasteiger partial charge >= 0.3 is 0 Å². The molecular formula is C22H27N3O. The average molecular weight is 349 g/mol. The van der Waals surface area contributed by atoms with E-state index in [9.17, 15) is 0 Å². The van der Waals surface area contributed by atoms with Crippen molar-refractivity contribution in [3.05, 3.63) is 77.1 Å². The number of methoxy groups -OCH3 is 1. The smallest absolute Gasteiger partial charge is 0.119 e. The average Bonchev–Trinajstić information content (AvgIpc) is 3.08. The van der Waals surface area contributed by atoms with Crippen LogP contribution in [-0.2, 0) is 13.0 Å². The van der Waals surface area contributed by atoms with E-state index in [2.05, 4.69) is 55.5 Å². The van der Waals surface area contributed by atoms with E-state index in [-0.39, 0.29) is 6.04 Å². The first-order valence-corrected chi connectivity index (χ1v) is 9.12. The Morgan fingerprint density at radius 1 is 1.04 bits per heavy atom. The first-order valence-electron chi connectivity index (χ1n) is 9.12. The third-order valence-electron chi connectivity index (χ3n) is 4.87. The Balaban J connectivity index is 1.69. The van der Waals surface area contributed by atoms with Gasteiger partial charge in [0.2, 0.25) is 0 Å². The molecule has 1 atom stereocenters. The van der Waals surface area contributed by atoms with Crippen LogP contribution < -0.4 is 10.1 Å². The largest absolute Gasteiger partial charge is 0.497 e. The highest BCUT2D eigenvalue weighted by Crippen LogP contribution is 2.22. The molecule has 0 fully saturated rings. The van der Waals surface area contributed by atoms with Crippen molar-refractivity contribution in [2.45, 2.75) is 39.8 Å². The van der Waals surface area contributed by atoms with Gasteiger partial charge in [-0.2, -0.15) is 5.10 Å². The predicted molar refractivity (Wildman–Crippen MR) is 106 cm³/mol. The lowest BCUT2D eigenvalue weighted by Gasteiger charge is -2.14. The van der Waals surface area contributed by atoms with Gasteiger partial charge in [0.25, 0.3) is 0 Å². The molecule has 0 unspecified atom stereocenters. The number of aryl methyl sites for hydroxylation is 1. The number of nitrogens with one attached hydrogen (secondary N) is 1. The number of hydrogen-bond donors (Lipinski definition) is 1. The molecule has 0 bridgehead atoms. The van der Waals surface area contributed by atoms with Crippen molar-refractivity contribution in [2.24, 2.45) is 0 Å². The molecule has 0 aliphatic heterocycles. The lowest BCUT2D eigenvalue weighted by molar-refractivity contribution is 0.414. The standard InChI is InChI=1S/C22H27N3O/c1-5-18-6-8-19(9-7-18)14-23-16(2)22-15-24-25(17(22)3)20-10-12-21(26-4)13-11-20/h6-13,15-16,23H,5,14H2,1-4H3/t16-/m0/s1. The summed E-state index contributed by atoms with van der Waals surface area (Å²) in [5.41, 5.74) is 6.08. The zero-order valence-electron chi connectivity index (χ0n) is 16.0. The van der Waals surface area contributed by atoms with Crippen LogP contribution >= 0.6 is 0 Å². The maximum Gasteiger partial charge on any atom is 0.119 e. The summed E-state index contributed by atoms with van der Waals surface area (Å²) in [6.07, 6.45) is 3.03. The lowest BCUT2D eigenvalue weighted by Crippen LogP contribution is -2.18. The maximum absolute atomic E-state index is 5.23. The Morgan fingerprint density at radius 2 is 1.69 bits per heavy atom. The summed E-state index contributed by atoms with van der Waals surface area (Å²) in [5.74, 6) is 0.850. The van der Waals surface area contributed by atoms with Crippen molar-refractivity contribution in [3.8, 4) is 11.4 Å². The van der Waals surface area contributed by atoms with Crippen LogP contribution in [0.3, 0.4) is 0 Å². The molecule has 1 aromatic heterocycles. The van der Waals surface area contributed by atoms with E-state index in [1.807, 2.05) is 35.1 Å². The number of hydrogen-bond acceptors (Lipinski definition) is 3. The summed E-state index contributed by atoms with van der Waals surface area (Å²) in [6, 6.07) is 17.0. The lowest BCUT2D eigenvalue weighted by atomic mass is 10.1. The Labute approximate surface area is 155 Å². The molecule has 0 saturated carbocycles. The quantitative estimate of drug-likeness (QED) is 0.677. The Hall–Kier alpha value is -2.59. The van der Waals surface area contributed by atoms with E-state index in [1.165, 1.54) is 16.7 Å². The Morgan fingerprint density at radius 3 is 2.31 bits per heavy atom. The van der Waals surface area contributed by atoms with E-state index in [0.29, 0.717) is 0 Å². The summed E-state index contributed by atoms with van der Waals surface area (Å²) < 4.78 is 7.20. The summed E-state index contributed by atoms with van der Waals surface area (Å²) in [7, 11) is 1.68. The van der Waals surface area contributed by atoms with Crippen molar-refractivity contribution >= 4 is 0 Å². The van der Waals surface area contributed by atoms with Gasteiger partial charge in [-0.3, -0.25) is 0 Å². The number of benzene rings is 2. The van der Waals surface area contributed by atoms with E-state index in [0.717, 1.165) is 30.1 Å². The summed E-state index contributed by atoms with van der Waals surface area (Å²) >= 11 is 0. The van der Waals surface area contributed by atoms with Gasteiger partial charge in [-0.05, 0) is 55.7 Å².